The topological polar surface area (TPSA) is 77.0 Å². The molecule has 2 rings (SSSR count). The Bertz CT molecular complexity index is 591. The van der Waals surface area contributed by atoms with Gasteiger partial charge in [0.1, 0.15) is 5.60 Å². The Morgan fingerprint density at radius 2 is 2.12 bits per heavy atom. The van der Waals surface area contributed by atoms with Gasteiger partial charge in [-0.3, -0.25) is 5.32 Å². The van der Waals surface area contributed by atoms with Gasteiger partial charge in [-0.1, -0.05) is 18.2 Å². The molecule has 1 aliphatic rings. The molecule has 6 heteroatoms. The van der Waals surface area contributed by atoms with Gasteiger partial charge in [-0.05, 0) is 38.5 Å². The number of hydrogen-bond acceptors (Lipinski definition) is 5. The third kappa shape index (κ3) is 5.54. The number of carbonyl (C=O) groups is 1. The fourth-order valence-electron chi connectivity index (χ4n) is 2.41. The second kappa shape index (κ2) is 8.17. The van der Waals surface area contributed by atoms with Crippen LogP contribution in [0.3, 0.4) is 0 Å². The van der Waals surface area contributed by atoms with Crippen molar-refractivity contribution in [3.8, 4) is 0 Å². The van der Waals surface area contributed by atoms with Crippen molar-refractivity contribution in [2.24, 2.45) is 0 Å². The number of benzene rings is 1. The zero-order chi connectivity index (χ0) is 17.6. The molecule has 0 saturated heterocycles. The highest BCUT2D eigenvalue weighted by molar-refractivity contribution is 5.86. The number of allylic oxidation sites excluding steroid dienone is 1. The Hall–Kier alpha value is -2.05. The second-order valence-electron chi connectivity index (χ2n) is 6.60. The maximum atomic E-state index is 12.0. The molecule has 1 aromatic rings. The van der Waals surface area contributed by atoms with Crippen molar-refractivity contribution in [3.05, 3.63) is 41.7 Å². The predicted molar refractivity (Wildman–Crippen MR) is 90.7 cm³/mol. The number of anilines is 1. The van der Waals surface area contributed by atoms with Gasteiger partial charge in [0, 0.05) is 18.0 Å². The van der Waals surface area contributed by atoms with Crippen LogP contribution in [-0.2, 0) is 14.2 Å². The Kier molecular flexibility index (Phi) is 6.23. The van der Waals surface area contributed by atoms with Crippen molar-refractivity contribution in [2.75, 3.05) is 25.3 Å². The van der Waals surface area contributed by atoms with E-state index in [0.29, 0.717) is 18.7 Å². The van der Waals surface area contributed by atoms with E-state index in [-0.39, 0.29) is 19.3 Å². The first-order valence-electron chi connectivity index (χ1n) is 7.98. The Labute approximate surface area is 142 Å². The average Bonchev–Trinajstić information content (AvgIpc) is 2.52. The van der Waals surface area contributed by atoms with E-state index in [4.69, 9.17) is 14.2 Å². The van der Waals surface area contributed by atoms with Crippen LogP contribution in [0.2, 0.25) is 0 Å². The van der Waals surface area contributed by atoms with E-state index in [9.17, 15) is 9.90 Å². The monoisotopic (exact) mass is 335 g/mol. The lowest BCUT2D eigenvalue weighted by Gasteiger charge is -2.23. The largest absolute Gasteiger partial charge is 0.472 e. The molecule has 1 heterocycles. The maximum absolute atomic E-state index is 12.0. The Morgan fingerprint density at radius 1 is 1.38 bits per heavy atom. The fourth-order valence-corrected chi connectivity index (χ4v) is 2.41. The lowest BCUT2D eigenvalue weighted by molar-refractivity contribution is -0.0343. The first-order chi connectivity index (χ1) is 11.4. The van der Waals surface area contributed by atoms with E-state index in [1.807, 2.05) is 45.0 Å². The molecular formula is C18H25NO5. The summed E-state index contributed by atoms with van der Waals surface area (Å²) in [5.74, 6) is 0.591. The highest BCUT2D eigenvalue weighted by Gasteiger charge is 2.21. The molecule has 1 atom stereocenters. The zero-order valence-corrected chi connectivity index (χ0v) is 14.4. The van der Waals surface area contributed by atoms with E-state index < -0.39 is 11.7 Å². The number of ether oxygens (including phenoxy) is 3. The second-order valence-corrected chi connectivity index (χ2v) is 6.60. The summed E-state index contributed by atoms with van der Waals surface area (Å²) in [6.07, 6.45) is 1.87. The molecule has 6 nitrogen and oxygen atoms in total. The number of hydrogen-bond donors (Lipinski definition) is 2. The summed E-state index contributed by atoms with van der Waals surface area (Å²) >= 11 is 0. The van der Waals surface area contributed by atoms with Gasteiger partial charge < -0.3 is 19.3 Å². The molecule has 1 unspecified atom stereocenters. The molecule has 0 radical (unpaired) electrons. The smallest absolute Gasteiger partial charge is 0.412 e. The summed E-state index contributed by atoms with van der Waals surface area (Å²) in [5.41, 5.74) is 0.885. The minimum absolute atomic E-state index is 0.0609. The van der Waals surface area contributed by atoms with Crippen molar-refractivity contribution in [1.29, 1.82) is 0 Å². The van der Waals surface area contributed by atoms with Crippen LogP contribution in [0.4, 0.5) is 10.5 Å². The number of para-hydroxylation sites is 1. The first kappa shape index (κ1) is 18.3. The minimum Gasteiger partial charge on any atom is -0.472 e. The predicted octanol–water partition coefficient (Wildman–Crippen LogP) is 3.39. The van der Waals surface area contributed by atoms with Gasteiger partial charge in [-0.15, -0.1) is 0 Å². The fraction of sp³-hybridized carbons (Fsp3) is 0.500. The normalized spacial score (nSPS) is 15.9. The summed E-state index contributed by atoms with van der Waals surface area (Å²) in [5, 5.41) is 12.6. The quantitative estimate of drug-likeness (QED) is 0.862. The average molecular weight is 335 g/mol. The third-order valence-electron chi connectivity index (χ3n) is 3.46. The Balaban J connectivity index is 2.13. The summed E-state index contributed by atoms with van der Waals surface area (Å²) in [6.45, 7) is 6.10. The van der Waals surface area contributed by atoms with Gasteiger partial charge in [0.15, 0.2) is 6.79 Å². The number of carbonyl (C=O) groups excluding carboxylic acids is 1. The van der Waals surface area contributed by atoms with Crippen LogP contribution in [0.25, 0.3) is 0 Å². The van der Waals surface area contributed by atoms with E-state index in [0.717, 1.165) is 11.3 Å². The summed E-state index contributed by atoms with van der Waals surface area (Å²) in [6, 6.07) is 7.38. The molecule has 1 aromatic carbocycles. The molecule has 2 N–H and O–H groups in total. The molecule has 0 saturated carbocycles. The summed E-state index contributed by atoms with van der Waals surface area (Å²) in [7, 11) is 0. The standard InChI is InChI=1S/C18H25NO5/c1-18(2,3)24-17(21)19-16-7-5-4-6-15(16)13(11-20)10-14-8-9-22-12-23-14/h4-8,13,20H,9-12H2,1-3H3,(H,19,21). The molecule has 0 bridgehead atoms. The van der Waals surface area contributed by atoms with Crippen LogP contribution in [0.15, 0.2) is 36.1 Å². The molecule has 0 aromatic heterocycles. The molecule has 24 heavy (non-hydrogen) atoms. The van der Waals surface area contributed by atoms with Crippen LogP contribution in [0, 0.1) is 0 Å². The van der Waals surface area contributed by atoms with E-state index in [1.54, 1.807) is 6.07 Å². The highest BCUT2D eigenvalue weighted by atomic mass is 16.7. The minimum atomic E-state index is -0.573. The van der Waals surface area contributed by atoms with Gasteiger partial charge in [0.2, 0.25) is 0 Å². The number of aliphatic hydroxyl groups excluding tert-OH is 1. The van der Waals surface area contributed by atoms with Gasteiger partial charge >= 0.3 is 6.09 Å². The molecule has 0 fully saturated rings. The van der Waals surface area contributed by atoms with E-state index in [2.05, 4.69) is 5.32 Å². The Morgan fingerprint density at radius 3 is 2.75 bits per heavy atom. The first-order valence-corrected chi connectivity index (χ1v) is 7.98. The van der Waals surface area contributed by atoms with Gasteiger partial charge in [-0.25, -0.2) is 4.79 Å². The SMILES string of the molecule is CC(C)(C)OC(=O)Nc1ccccc1C(CO)CC1=CCOCO1. The number of nitrogens with one attached hydrogen (secondary N) is 1. The van der Waals surface area contributed by atoms with Crippen molar-refractivity contribution >= 4 is 11.8 Å². The van der Waals surface area contributed by atoms with Crippen molar-refractivity contribution in [1.82, 2.24) is 0 Å². The molecule has 1 aliphatic heterocycles. The third-order valence-corrected chi connectivity index (χ3v) is 3.46. The van der Waals surface area contributed by atoms with E-state index in [1.165, 1.54) is 0 Å². The van der Waals surface area contributed by atoms with Gasteiger partial charge in [0.25, 0.3) is 0 Å². The van der Waals surface area contributed by atoms with Crippen molar-refractivity contribution < 1.29 is 24.1 Å². The molecule has 0 spiro atoms. The molecule has 0 aliphatic carbocycles. The summed E-state index contributed by atoms with van der Waals surface area (Å²) < 4.78 is 15.8. The van der Waals surface area contributed by atoms with Gasteiger partial charge in [0.05, 0.1) is 19.0 Å². The summed E-state index contributed by atoms with van der Waals surface area (Å²) in [4.78, 5) is 12.0. The van der Waals surface area contributed by atoms with Crippen LogP contribution in [0.5, 0.6) is 0 Å². The van der Waals surface area contributed by atoms with Gasteiger partial charge in [-0.2, -0.15) is 0 Å². The van der Waals surface area contributed by atoms with Crippen LogP contribution < -0.4 is 5.32 Å². The number of rotatable bonds is 5. The number of aliphatic hydroxyl groups is 1. The van der Waals surface area contributed by atoms with Crippen molar-refractivity contribution in [2.45, 2.75) is 38.7 Å². The lowest BCUT2D eigenvalue weighted by atomic mass is 9.93. The number of amides is 1. The van der Waals surface area contributed by atoms with Crippen molar-refractivity contribution in [3.63, 3.8) is 0 Å². The highest BCUT2D eigenvalue weighted by Crippen LogP contribution is 2.30. The zero-order valence-electron chi connectivity index (χ0n) is 14.4. The lowest BCUT2D eigenvalue weighted by Crippen LogP contribution is -2.27. The van der Waals surface area contributed by atoms with Crippen LogP contribution in [0.1, 0.15) is 38.7 Å². The maximum Gasteiger partial charge on any atom is 0.412 e. The molecular weight excluding hydrogens is 310 g/mol. The van der Waals surface area contributed by atoms with Crippen LogP contribution >= 0.6 is 0 Å². The molecule has 132 valence electrons. The van der Waals surface area contributed by atoms with E-state index >= 15 is 0 Å². The van der Waals surface area contributed by atoms with Crippen LogP contribution in [-0.4, -0.2) is 36.8 Å². The molecule has 1 amide bonds.